The van der Waals surface area contributed by atoms with Gasteiger partial charge in [-0.25, -0.2) is 4.79 Å². The highest BCUT2D eigenvalue weighted by atomic mass is 79.9. The molecule has 0 unspecified atom stereocenters. The molecule has 0 fully saturated rings. The van der Waals surface area contributed by atoms with Crippen molar-refractivity contribution in [1.29, 1.82) is 0 Å². The van der Waals surface area contributed by atoms with Gasteiger partial charge in [0.25, 0.3) is 0 Å². The van der Waals surface area contributed by atoms with Gasteiger partial charge in [0.15, 0.2) is 0 Å². The number of carbonyl (C=O) groups is 1. The first kappa shape index (κ1) is 18.2. The fraction of sp³-hybridized carbons (Fsp3) is 0.0870. The van der Waals surface area contributed by atoms with E-state index < -0.39 is 0 Å². The molecule has 0 radical (unpaired) electrons. The molecule has 0 aliphatic carbocycles. The number of nitrogens with one attached hydrogen (secondary N) is 1. The summed E-state index contributed by atoms with van der Waals surface area (Å²) in [5.41, 5.74) is 4.08. The largest absolute Gasteiger partial charge is 0.323 e. The Morgan fingerprint density at radius 2 is 1.83 bits per heavy atom. The zero-order valence-electron chi connectivity index (χ0n) is 15.5. The van der Waals surface area contributed by atoms with Crippen LogP contribution in [0, 0.1) is 0 Å². The summed E-state index contributed by atoms with van der Waals surface area (Å²) in [6.07, 6.45) is 2.07. The van der Waals surface area contributed by atoms with Crippen molar-refractivity contribution in [3.8, 4) is 5.69 Å². The number of benzene rings is 2. The molecule has 1 aliphatic rings. The fourth-order valence-electron chi connectivity index (χ4n) is 3.84. The maximum absolute atomic E-state index is 13.5. The first-order chi connectivity index (χ1) is 14.2. The first-order valence-corrected chi connectivity index (χ1v) is 11.0. The second-order valence-electron chi connectivity index (χ2n) is 6.89. The van der Waals surface area contributed by atoms with E-state index in [9.17, 15) is 4.79 Å². The molecule has 1 aliphatic heterocycles. The summed E-state index contributed by atoms with van der Waals surface area (Å²) in [6, 6.07) is 23.9. The molecule has 0 spiro atoms. The molecule has 4 nitrogen and oxygen atoms in total. The lowest BCUT2D eigenvalue weighted by molar-refractivity contribution is 0.195. The Balaban J connectivity index is 1.63. The molecule has 0 saturated heterocycles. The van der Waals surface area contributed by atoms with Crippen LogP contribution >= 0.6 is 27.3 Å². The summed E-state index contributed by atoms with van der Waals surface area (Å²) in [4.78, 5) is 16.6. The van der Waals surface area contributed by atoms with Gasteiger partial charge in [-0.15, -0.1) is 11.3 Å². The lowest BCUT2D eigenvalue weighted by Crippen LogP contribution is -2.37. The van der Waals surface area contributed by atoms with Gasteiger partial charge in [-0.3, -0.25) is 0 Å². The number of rotatable bonds is 2. The number of carbonyl (C=O) groups excluding carboxylic acids is 1. The minimum atomic E-state index is -0.167. The number of amides is 2. The number of urea groups is 1. The molecule has 6 heteroatoms. The van der Waals surface area contributed by atoms with Crippen LogP contribution in [0.1, 0.15) is 22.2 Å². The molecule has 1 atom stereocenters. The van der Waals surface area contributed by atoms with E-state index in [4.69, 9.17) is 0 Å². The standard InChI is InChI=1S/C23H18BrN3OS/c24-17-8-2-3-9-18(17)25-23(28)27-15-16-7-1-4-10-19(16)26-13-5-11-20(26)22(27)21-12-6-14-29-21/h1-14,22H,15H2,(H,25,28)/t22-/m1/s1. The predicted octanol–water partition coefficient (Wildman–Crippen LogP) is 6.44. The Morgan fingerprint density at radius 1 is 1.00 bits per heavy atom. The molecule has 29 heavy (non-hydrogen) atoms. The molecule has 1 N–H and O–H groups in total. The van der Waals surface area contributed by atoms with E-state index in [1.54, 1.807) is 11.3 Å². The lowest BCUT2D eigenvalue weighted by Gasteiger charge is -2.30. The highest BCUT2D eigenvalue weighted by Crippen LogP contribution is 2.38. The van der Waals surface area contributed by atoms with Crippen LogP contribution in [-0.2, 0) is 6.54 Å². The molecule has 4 aromatic rings. The van der Waals surface area contributed by atoms with Crippen molar-refractivity contribution in [1.82, 2.24) is 9.47 Å². The van der Waals surface area contributed by atoms with Crippen LogP contribution in [0.2, 0.25) is 0 Å². The zero-order valence-corrected chi connectivity index (χ0v) is 17.9. The Morgan fingerprint density at radius 3 is 2.66 bits per heavy atom. The van der Waals surface area contributed by atoms with E-state index >= 15 is 0 Å². The number of fused-ring (bicyclic) bond motifs is 3. The van der Waals surface area contributed by atoms with Crippen molar-refractivity contribution in [2.24, 2.45) is 0 Å². The van der Waals surface area contributed by atoms with Gasteiger partial charge in [-0.05, 0) is 63.3 Å². The quantitative estimate of drug-likeness (QED) is 0.364. The average molecular weight is 464 g/mol. The van der Waals surface area contributed by atoms with Crippen LogP contribution in [0.15, 0.2) is 88.8 Å². The second kappa shape index (κ2) is 7.54. The molecule has 2 amide bonds. The molecular weight excluding hydrogens is 446 g/mol. The van der Waals surface area contributed by atoms with E-state index in [0.29, 0.717) is 6.54 Å². The van der Waals surface area contributed by atoms with Gasteiger partial charge in [-0.1, -0.05) is 36.4 Å². The average Bonchev–Trinajstić information content (AvgIpc) is 3.41. The maximum atomic E-state index is 13.5. The summed E-state index contributed by atoms with van der Waals surface area (Å²) in [6.45, 7) is 0.525. The minimum Gasteiger partial charge on any atom is -0.318 e. The Bertz CT molecular complexity index is 1170. The van der Waals surface area contributed by atoms with E-state index in [2.05, 4.69) is 61.7 Å². The summed E-state index contributed by atoms with van der Waals surface area (Å²) in [7, 11) is 0. The normalized spacial score (nSPS) is 15.3. The van der Waals surface area contributed by atoms with Crippen LogP contribution in [-0.4, -0.2) is 15.5 Å². The number of anilines is 1. The van der Waals surface area contributed by atoms with Crippen LogP contribution in [0.5, 0.6) is 0 Å². The van der Waals surface area contributed by atoms with Crippen molar-refractivity contribution in [2.75, 3.05) is 5.32 Å². The second-order valence-corrected chi connectivity index (χ2v) is 8.72. The van der Waals surface area contributed by atoms with Crippen LogP contribution < -0.4 is 5.32 Å². The van der Waals surface area contributed by atoms with E-state index in [1.807, 2.05) is 53.4 Å². The van der Waals surface area contributed by atoms with E-state index in [1.165, 1.54) is 0 Å². The van der Waals surface area contributed by atoms with Gasteiger partial charge in [-0.2, -0.15) is 0 Å². The van der Waals surface area contributed by atoms with Crippen molar-refractivity contribution < 1.29 is 4.79 Å². The summed E-state index contributed by atoms with van der Waals surface area (Å²) >= 11 is 5.20. The van der Waals surface area contributed by atoms with Gasteiger partial charge < -0.3 is 14.8 Å². The molecule has 0 bridgehead atoms. The van der Waals surface area contributed by atoms with Gasteiger partial charge in [0.2, 0.25) is 0 Å². The maximum Gasteiger partial charge on any atom is 0.323 e. The highest BCUT2D eigenvalue weighted by Gasteiger charge is 2.33. The molecule has 3 heterocycles. The number of hydrogen-bond acceptors (Lipinski definition) is 2. The zero-order chi connectivity index (χ0) is 19.8. The minimum absolute atomic E-state index is 0.125. The summed E-state index contributed by atoms with van der Waals surface area (Å²) in [5, 5.41) is 5.15. The van der Waals surface area contributed by atoms with Gasteiger partial charge in [0, 0.05) is 15.5 Å². The number of aromatic nitrogens is 1. The molecule has 5 rings (SSSR count). The number of hydrogen-bond donors (Lipinski definition) is 1. The van der Waals surface area contributed by atoms with Crippen molar-refractivity contribution in [3.05, 3.63) is 105 Å². The van der Waals surface area contributed by atoms with E-state index in [-0.39, 0.29) is 12.1 Å². The molecule has 2 aromatic heterocycles. The van der Waals surface area contributed by atoms with Gasteiger partial charge >= 0.3 is 6.03 Å². The third kappa shape index (κ3) is 3.28. The molecular formula is C23H18BrN3OS. The molecule has 2 aromatic carbocycles. The third-order valence-electron chi connectivity index (χ3n) is 5.15. The topological polar surface area (TPSA) is 37.3 Å². The highest BCUT2D eigenvalue weighted by molar-refractivity contribution is 9.10. The van der Waals surface area contributed by atoms with Crippen LogP contribution in [0.4, 0.5) is 10.5 Å². The SMILES string of the molecule is O=C(Nc1ccccc1Br)N1Cc2ccccc2-n2cccc2[C@@H]1c1cccs1. The number of halogens is 1. The molecule has 0 saturated carbocycles. The Hall–Kier alpha value is -2.83. The third-order valence-corrected chi connectivity index (χ3v) is 6.77. The summed E-state index contributed by atoms with van der Waals surface area (Å²) in [5.74, 6) is 0. The predicted molar refractivity (Wildman–Crippen MR) is 121 cm³/mol. The van der Waals surface area contributed by atoms with Gasteiger partial charge in [0.05, 0.1) is 23.6 Å². The Labute approximate surface area is 181 Å². The Kier molecular flexibility index (Phi) is 4.73. The smallest absolute Gasteiger partial charge is 0.318 e. The van der Waals surface area contributed by atoms with Crippen molar-refractivity contribution in [3.63, 3.8) is 0 Å². The number of nitrogens with zero attached hydrogens (tertiary/aromatic N) is 2. The van der Waals surface area contributed by atoms with Crippen molar-refractivity contribution in [2.45, 2.75) is 12.6 Å². The number of para-hydroxylation sites is 2. The fourth-order valence-corrected chi connectivity index (χ4v) is 5.07. The van der Waals surface area contributed by atoms with Crippen LogP contribution in [0.25, 0.3) is 5.69 Å². The van der Waals surface area contributed by atoms with Crippen LogP contribution in [0.3, 0.4) is 0 Å². The molecule has 144 valence electrons. The summed E-state index contributed by atoms with van der Waals surface area (Å²) < 4.78 is 3.06. The number of thiophene rings is 1. The lowest BCUT2D eigenvalue weighted by atomic mass is 10.1. The van der Waals surface area contributed by atoms with Gasteiger partial charge in [0.1, 0.15) is 6.04 Å². The first-order valence-electron chi connectivity index (χ1n) is 9.33. The van der Waals surface area contributed by atoms with Crippen molar-refractivity contribution >= 4 is 39.0 Å². The van der Waals surface area contributed by atoms with E-state index in [0.717, 1.165) is 32.0 Å². The monoisotopic (exact) mass is 463 g/mol.